The number of hydrogen-bond donors (Lipinski definition) is 2. The second kappa shape index (κ2) is 12.7. The van der Waals surface area contributed by atoms with Crippen molar-refractivity contribution in [2.75, 3.05) is 16.4 Å². The Morgan fingerprint density at radius 2 is 1.86 bits per heavy atom. The van der Waals surface area contributed by atoms with Gasteiger partial charge in [-0.05, 0) is 65.4 Å². The number of thioether (sulfide) groups is 2. The molecule has 1 atom stereocenters. The number of hydrogen-bond acceptors (Lipinski definition) is 9. The minimum absolute atomic E-state index is 0.160. The van der Waals surface area contributed by atoms with E-state index in [1.807, 2.05) is 47.0 Å². The van der Waals surface area contributed by atoms with Crippen LogP contribution < -0.4 is 10.6 Å². The Labute approximate surface area is 230 Å². The van der Waals surface area contributed by atoms with Crippen molar-refractivity contribution in [1.29, 1.82) is 0 Å². The van der Waals surface area contributed by atoms with E-state index in [1.165, 1.54) is 26.7 Å². The number of benzene rings is 2. The molecule has 2 aromatic carbocycles. The van der Waals surface area contributed by atoms with E-state index in [0.717, 1.165) is 28.0 Å². The monoisotopic (exact) mass is 637 g/mol. The van der Waals surface area contributed by atoms with Crippen molar-refractivity contribution in [3.63, 3.8) is 0 Å². The molecule has 0 saturated carbocycles. The highest BCUT2D eigenvalue weighted by atomic mass is 127. The van der Waals surface area contributed by atoms with Gasteiger partial charge in [0.1, 0.15) is 0 Å². The van der Waals surface area contributed by atoms with Crippen LogP contribution in [0, 0.1) is 3.57 Å². The lowest BCUT2D eigenvalue weighted by Crippen LogP contribution is -2.14. The number of nitrogens with one attached hydrogen (secondary N) is 2. The Morgan fingerprint density at radius 1 is 1.09 bits per heavy atom. The van der Waals surface area contributed by atoms with Crippen LogP contribution in [0.4, 0.5) is 10.8 Å². The number of rotatable bonds is 11. The molecule has 0 saturated heterocycles. The van der Waals surface area contributed by atoms with E-state index in [0.29, 0.717) is 22.1 Å². The van der Waals surface area contributed by atoms with Crippen LogP contribution in [0.25, 0.3) is 5.69 Å². The second-order valence-corrected chi connectivity index (χ2v) is 12.3. The van der Waals surface area contributed by atoms with E-state index < -0.39 is 0 Å². The van der Waals surface area contributed by atoms with Crippen molar-refractivity contribution in [2.24, 2.45) is 0 Å². The van der Waals surface area contributed by atoms with Gasteiger partial charge in [-0.25, -0.2) is 0 Å². The molecule has 12 heteroatoms. The van der Waals surface area contributed by atoms with Crippen molar-refractivity contribution < 1.29 is 4.79 Å². The van der Waals surface area contributed by atoms with Crippen LogP contribution >= 0.6 is 57.5 Å². The lowest BCUT2D eigenvalue weighted by atomic mass is 10.3. The van der Waals surface area contributed by atoms with Crippen molar-refractivity contribution in [3.05, 3.63) is 64.0 Å². The summed E-state index contributed by atoms with van der Waals surface area (Å²) in [5, 5.41) is 24.9. The predicted molar refractivity (Wildman–Crippen MR) is 153 cm³/mol. The van der Waals surface area contributed by atoms with Gasteiger partial charge in [0.15, 0.2) is 15.3 Å². The van der Waals surface area contributed by atoms with Crippen LogP contribution in [0.5, 0.6) is 0 Å². The number of nitrogens with zero attached hydrogens (tertiary/aromatic N) is 5. The summed E-state index contributed by atoms with van der Waals surface area (Å²) < 4.78 is 4.01. The summed E-state index contributed by atoms with van der Waals surface area (Å²) in [7, 11) is 0. The summed E-state index contributed by atoms with van der Waals surface area (Å²) in [5.74, 6) is 0.782. The quantitative estimate of drug-likeness (QED) is 0.118. The molecule has 2 N–H and O–H groups in total. The molecule has 4 aromatic rings. The molecule has 2 heterocycles. The summed E-state index contributed by atoms with van der Waals surface area (Å²) in [4.78, 5) is 12.6. The Kier molecular flexibility index (Phi) is 9.40. The van der Waals surface area contributed by atoms with Gasteiger partial charge >= 0.3 is 0 Å². The Hall–Kier alpha value is -2.16. The first-order valence-corrected chi connectivity index (χ1v) is 14.7. The molecule has 1 amide bonds. The number of carbonyl (C=O) groups excluding carboxylic acids is 1. The first-order valence-electron chi connectivity index (χ1n) is 10.9. The van der Waals surface area contributed by atoms with Gasteiger partial charge in [-0.3, -0.25) is 14.7 Å². The molecular formula is C23H24IN7OS3. The molecule has 0 aliphatic rings. The highest BCUT2D eigenvalue weighted by Gasteiger charge is 2.17. The van der Waals surface area contributed by atoms with E-state index in [-0.39, 0.29) is 11.7 Å². The molecule has 1 unspecified atom stereocenters. The average Bonchev–Trinajstić information content (AvgIpc) is 3.49. The molecule has 8 nitrogen and oxygen atoms in total. The maximum Gasteiger partial charge on any atom is 0.236 e. The molecule has 0 fully saturated rings. The van der Waals surface area contributed by atoms with Gasteiger partial charge in [-0.15, -0.1) is 20.4 Å². The summed E-state index contributed by atoms with van der Waals surface area (Å²) in [6.07, 6.45) is 1.05. The minimum Gasteiger partial charge on any atom is -0.378 e. The van der Waals surface area contributed by atoms with Gasteiger partial charge < -0.3 is 5.32 Å². The normalized spacial score (nSPS) is 11.9. The zero-order chi connectivity index (χ0) is 24.6. The number of anilines is 2. The molecule has 182 valence electrons. The molecule has 4 rings (SSSR count). The first-order chi connectivity index (χ1) is 17.0. The lowest BCUT2D eigenvalue weighted by Gasteiger charge is -2.11. The van der Waals surface area contributed by atoms with Crippen molar-refractivity contribution in [2.45, 2.75) is 41.6 Å². The highest BCUT2D eigenvalue weighted by molar-refractivity contribution is 14.1. The summed E-state index contributed by atoms with van der Waals surface area (Å²) in [6, 6.07) is 18.1. The third-order valence-corrected chi connectivity index (χ3v) is 8.71. The van der Waals surface area contributed by atoms with E-state index in [4.69, 9.17) is 0 Å². The lowest BCUT2D eigenvalue weighted by molar-refractivity contribution is -0.113. The maximum absolute atomic E-state index is 12.6. The van der Waals surface area contributed by atoms with Gasteiger partial charge in [0.2, 0.25) is 11.0 Å². The van der Waals surface area contributed by atoms with Crippen LogP contribution in [0.2, 0.25) is 0 Å². The third-order valence-electron chi connectivity index (χ3n) is 4.87. The smallest absolute Gasteiger partial charge is 0.236 e. The van der Waals surface area contributed by atoms with Gasteiger partial charge in [0.25, 0.3) is 0 Å². The third kappa shape index (κ3) is 7.41. The number of amides is 1. The topological polar surface area (TPSA) is 97.6 Å². The van der Waals surface area contributed by atoms with Gasteiger partial charge in [0, 0.05) is 20.2 Å². The Bertz CT molecular complexity index is 1250. The SMILES string of the molecule is CCC(C)Sc1nnc(NC(=O)CSc2nnc(CNc3ccc(I)cc3)n2-c2ccccc2)s1. The molecule has 2 aromatic heterocycles. The van der Waals surface area contributed by atoms with Gasteiger partial charge in [-0.1, -0.05) is 66.9 Å². The summed E-state index contributed by atoms with van der Waals surface area (Å²) in [5.41, 5.74) is 1.94. The fourth-order valence-corrected chi connectivity index (χ4v) is 6.09. The average molecular weight is 638 g/mol. The van der Waals surface area contributed by atoms with E-state index >= 15 is 0 Å². The number of aromatic nitrogens is 5. The van der Waals surface area contributed by atoms with Crippen LogP contribution in [0.3, 0.4) is 0 Å². The standard InChI is InChI=1S/C23H24IN7OS3/c1-3-15(2)34-23-30-28-21(35-23)26-20(32)14-33-22-29-27-19(31(22)18-7-5-4-6-8-18)13-25-17-11-9-16(24)10-12-17/h4-12,15,25H,3,13-14H2,1-2H3,(H,26,28,32). The molecule has 35 heavy (non-hydrogen) atoms. The van der Waals surface area contributed by atoms with Gasteiger partial charge in [0.05, 0.1) is 12.3 Å². The minimum atomic E-state index is -0.160. The molecule has 0 aliphatic heterocycles. The molecule has 0 radical (unpaired) electrons. The maximum atomic E-state index is 12.6. The molecule has 0 spiro atoms. The zero-order valence-electron chi connectivity index (χ0n) is 19.1. The van der Waals surface area contributed by atoms with Crippen LogP contribution in [0.15, 0.2) is 64.1 Å². The van der Waals surface area contributed by atoms with E-state index in [9.17, 15) is 4.79 Å². The second-order valence-electron chi connectivity index (χ2n) is 7.48. The Balaban J connectivity index is 1.42. The van der Waals surface area contributed by atoms with Gasteiger partial charge in [-0.2, -0.15) is 0 Å². The van der Waals surface area contributed by atoms with Crippen LogP contribution in [-0.2, 0) is 11.3 Å². The predicted octanol–water partition coefficient (Wildman–Crippen LogP) is 5.96. The largest absolute Gasteiger partial charge is 0.378 e. The first kappa shape index (κ1) is 25.9. The summed E-state index contributed by atoms with van der Waals surface area (Å²) >= 11 is 6.68. The van der Waals surface area contributed by atoms with Crippen LogP contribution in [-0.4, -0.2) is 41.9 Å². The van der Waals surface area contributed by atoms with Crippen molar-refractivity contribution in [1.82, 2.24) is 25.0 Å². The van der Waals surface area contributed by atoms with E-state index in [1.54, 1.807) is 11.8 Å². The van der Waals surface area contributed by atoms with Crippen molar-refractivity contribution >= 4 is 74.2 Å². The Morgan fingerprint density at radius 3 is 2.60 bits per heavy atom. The zero-order valence-corrected chi connectivity index (χ0v) is 23.7. The number of carbonyl (C=O) groups is 1. The fourth-order valence-electron chi connectivity index (χ4n) is 2.94. The highest BCUT2D eigenvalue weighted by Crippen LogP contribution is 2.30. The van der Waals surface area contributed by atoms with E-state index in [2.05, 4.69) is 79.6 Å². The van der Waals surface area contributed by atoms with Crippen LogP contribution in [0.1, 0.15) is 26.1 Å². The number of para-hydroxylation sites is 1. The molecule has 0 bridgehead atoms. The molecule has 0 aliphatic carbocycles. The molecular weight excluding hydrogens is 613 g/mol. The van der Waals surface area contributed by atoms with Crippen molar-refractivity contribution in [3.8, 4) is 5.69 Å². The summed E-state index contributed by atoms with van der Waals surface area (Å²) in [6.45, 7) is 4.78. The number of halogens is 1. The fraction of sp³-hybridized carbons (Fsp3) is 0.261.